The van der Waals surface area contributed by atoms with E-state index in [1.807, 2.05) is 0 Å². The van der Waals surface area contributed by atoms with Crippen molar-refractivity contribution in [2.75, 3.05) is 0 Å². The number of aromatic carboxylic acids is 1. The molecule has 1 aromatic carbocycles. The molecule has 0 amide bonds. The van der Waals surface area contributed by atoms with E-state index >= 15 is 0 Å². The zero-order valence-corrected chi connectivity index (χ0v) is 5.97. The zero-order valence-electron chi connectivity index (χ0n) is 5.15. The summed E-state index contributed by atoms with van der Waals surface area (Å²) in [5, 5.41) is 8.38. The Bertz CT molecular complexity index is 208. The molecule has 0 aliphatic heterocycles. The van der Waals surface area contributed by atoms with E-state index in [9.17, 15) is 4.79 Å². The van der Waals surface area contributed by atoms with Gasteiger partial charge in [0, 0.05) is 0 Å². The second kappa shape index (κ2) is 3.90. The molecule has 10 heavy (non-hydrogen) atoms. The van der Waals surface area contributed by atoms with Gasteiger partial charge in [-0.2, -0.15) is 0 Å². The Morgan fingerprint density at radius 3 is 2.00 bits per heavy atom. The second-order valence-electron chi connectivity index (χ2n) is 1.67. The van der Waals surface area contributed by atoms with Gasteiger partial charge in [-0.1, -0.05) is 18.2 Å². The fourth-order valence-corrected chi connectivity index (χ4v) is 0.581. The number of carbonyl (C=O) groups is 1. The summed E-state index contributed by atoms with van der Waals surface area (Å²) in [5.41, 5.74) is 0.331. The van der Waals surface area contributed by atoms with E-state index in [1.54, 1.807) is 30.3 Å². The third-order valence-corrected chi connectivity index (χ3v) is 1.02. The van der Waals surface area contributed by atoms with Crippen LogP contribution in [0.2, 0.25) is 0 Å². The average molecular weight is 159 g/mol. The van der Waals surface area contributed by atoms with E-state index < -0.39 is 5.97 Å². The Hall–Kier alpha value is -1.02. The maximum absolute atomic E-state index is 10.2. The van der Waals surface area contributed by atoms with Crippen LogP contribution in [0.5, 0.6) is 0 Å². The largest absolute Gasteiger partial charge is 0.478 e. The van der Waals surface area contributed by atoms with Crippen LogP contribution in [0.15, 0.2) is 30.3 Å². The van der Waals surface area contributed by atoms with Crippen molar-refractivity contribution < 1.29 is 9.90 Å². The molecular formula is C7H7ClO2. The molecule has 0 aromatic heterocycles. The third-order valence-electron chi connectivity index (χ3n) is 1.02. The molecule has 0 bridgehead atoms. The number of carboxylic acid groups (broad SMARTS) is 1. The Kier molecular flexibility index (Phi) is 3.51. The number of carboxylic acids is 1. The summed E-state index contributed by atoms with van der Waals surface area (Å²) in [6, 6.07) is 8.30. The first-order chi connectivity index (χ1) is 4.30. The molecule has 0 saturated heterocycles. The molecule has 0 radical (unpaired) electrons. The maximum Gasteiger partial charge on any atom is 0.335 e. The molecule has 3 heteroatoms. The molecule has 1 aromatic rings. The molecule has 0 fully saturated rings. The predicted molar refractivity (Wildman–Crippen MR) is 40.6 cm³/mol. The molecule has 0 aliphatic rings. The van der Waals surface area contributed by atoms with Gasteiger partial charge < -0.3 is 5.11 Å². The highest BCUT2D eigenvalue weighted by Crippen LogP contribution is 1.96. The minimum Gasteiger partial charge on any atom is -0.478 e. The number of rotatable bonds is 1. The summed E-state index contributed by atoms with van der Waals surface area (Å²) < 4.78 is 0. The van der Waals surface area contributed by atoms with E-state index in [4.69, 9.17) is 5.11 Å². The van der Waals surface area contributed by atoms with Crippen LogP contribution in [0.1, 0.15) is 10.4 Å². The molecule has 1 N–H and O–H groups in total. The van der Waals surface area contributed by atoms with Gasteiger partial charge in [0.05, 0.1) is 5.56 Å². The minimum absolute atomic E-state index is 0. The molecule has 0 heterocycles. The van der Waals surface area contributed by atoms with Crippen LogP contribution in [0, 0.1) is 0 Å². The topological polar surface area (TPSA) is 37.3 Å². The van der Waals surface area contributed by atoms with Gasteiger partial charge in [-0.05, 0) is 12.1 Å². The van der Waals surface area contributed by atoms with Crippen LogP contribution >= 0.6 is 12.4 Å². The van der Waals surface area contributed by atoms with Gasteiger partial charge in [0.15, 0.2) is 0 Å². The Balaban J connectivity index is 0.000000810. The van der Waals surface area contributed by atoms with Crippen LogP contribution in [0.4, 0.5) is 0 Å². The second-order valence-corrected chi connectivity index (χ2v) is 1.67. The SMILES string of the molecule is Cl.O=C(O)c1ccccc1. The Morgan fingerprint density at radius 1 is 1.20 bits per heavy atom. The summed E-state index contributed by atoms with van der Waals surface area (Å²) in [4.78, 5) is 10.2. The fraction of sp³-hybridized carbons (Fsp3) is 0. The van der Waals surface area contributed by atoms with Gasteiger partial charge in [-0.15, -0.1) is 12.4 Å². The van der Waals surface area contributed by atoms with E-state index in [1.165, 1.54) is 0 Å². The third kappa shape index (κ3) is 2.07. The quantitative estimate of drug-likeness (QED) is 0.677. The van der Waals surface area contributed by atoms with E-state index in [0.717, 1.165) is 0 Å². The summed E-state index contributed by atoms with van der Waals surface area (Å²) in [6.45, 7) is 0. The van der Waals surface area contributed by atoms with E-state index in [-0.39, 0.29) is 12.4 Å². The molecule has 1 rings (SSSR count). The van der Waals surface area contributed by atoms with E-state index in [0.29, 0.717) is 5.56 Å². The Morgan fingerprint density at radius 2 is 1.70 bits per heavy atom. The smallest absolute Gasteiger partial charge is 0.335 e. The van der Waals surface area contributed by atoms with Gasteiger partial charge in [0.2, 0.25) is 0 Å². The van der Waals surface area contributed by atoms with Crippen molar-refractivity contribution in [3.05, 3.63) is 35.9 Å². The normalized spacial score (nSPS) is 8.00. The lowest BCUT2D eigenvalue weighted by atomic mass is 10.2. The molecule has 0 saturated carbocycles. The first kappa shape index (κ1) is 8.98. The minimum atomic E-state index is -0.879. The van der Waals surface area contributed by atoms with Gasteiger partial charge in [-0.25, -0.2) is 4.79 Å². The summed E-state index contributed by atoms with van der Waals surface area (Å²) in [5.74, 6) is -0.879. The molecule has 0 atom stereocenters. The number of hydrogen-bond donors (Lipinski definition) is 1. The predicted octanol–water partition coefficient (Wildman–Crippen LogP) is 1.81. The van der Waals surface area contributed by atoms with Crippen molar-refractivity contribution in [3.63, 3.8) is 0 Å². The maximum atomic E-state index is 10.2. The van der Waals surface area contributed by atoms with Gasteiger partial charge in [-0.3, -0.25) is 0 Å². The van der Waals surface area contributed by atoms with Crippen molar-refractivity contribution in [1.29, 1.82) is 0 Å². The number of hydrogen-bond acceptors (Lipinski definition) is 1. The van der Waals surface area contributed by atoms with Crippen molar-refractivity contribution >= 4 is 18.4 Å². The van der Waals surface area contributed by atoms with E-state index in [2.05, 4.69) is 0 Å². The van der Waals surface area contributed by atoms with Crippen molar-refractivity contribution in [1.82, 2.24) is 0 Å². The monoisotopic (exact) mass is 158 g/mol. The lowest BCUT2D eigenvalue weighted by Crippen LogP contribution is -1.93. The van der Waals surface area contributed by atoms with Crippen LogP contribution < -0.4 is 0 Å². The Labute approximate surface area is 64.9 Å². The molecular weight excluding hydrogens is 152 g/mol. The van der Waals surface area contributed by atoms with Crippen LogP contribution in [0.3, 0.4) is 0 Å². The summed E-state index contributed by atoms with van der Waals surface area (Å²) >= 11 is 0. The van der Waals surface area contributed by atoms with Gasteiger partial charge >= 0.3 is 5.97 Å². The van der Waals surface area contributed by atoms with Crippen LogP contribution in [-0.2, 0) is 0 Å². The number of halogens is 1. The number of benzene rings is 1. The average Bonchev–Trinajstić information content (AvgIpc) is 1.90. The molecule has 0 aliphatic carbocycles. The highest BCUT2D eigenvalue weighted by Gasteiger charge is 1.96. The standard InChI is InChI=1S/C7H6O2.ClH/c8-7(9)6-4-2-1-3-5-6;/h1-5H,(H,8,9);1H. The molecule has 54 valence electrons. The first-order valence-corrected chi connectivity index (χ1v) is 2.59. The van der Waals surface area contributed by atoms with Crippen LogP contribution in [0.25, 0.3) is 0 Å². The highest BCUT2D eigenvalue weighted by molar-refractivity contribution is 5.87. The van der Waals surface area contributed by atoms with Crippen molar-refractivity contribution in [2.45, 2.75) is 0 Å². The van der Waals surface area contributed by atoms with Crippen molar-refractivity contribution in [3.8, 4) is 0 Å². The first-order valence-electron chi connectivity index (χ1n) is 2.59. The highest BCUT2D eigenvalue weighted by atomic mass is 35.5. The van der Waals surface area contributed by atoms with Gasteiger partial charge in [0.25, 0.3) is 0 Å². The molecule has 0 spiro atoms. The van der Waals surface area contributed by atoms with Crippen LogP contribution in [-0.4, -0.2) is 11.1 Å². The zero-order chi connectivity index (χ0) is 6.69. The molecule has 0 unspecified atom stereocenters. The van der Waals surface area contributed by atoms with Gasteiger partial charge in [0.1, 0.15) is 0 Å². The fourth-order valence-electron chi connectivity index (χ4n) is 0.581. The summed E-state index contributed by atoms with van der Waals surface area (Å²) in [7, 11) is 0. The summed E-state index contributed by atoms with van der Waals surface area (Å²) in [6.07, 6.45) is 0. The van der Waals surface area contributed by atoms with Crippen molar-refractivity contribution in [2.24, 2.45) is 0 Å². The molecule has 2 nitrogen and oxygen atoms in total. The lowest BCUT2D eigenvalue weighted by molar-refractivity contribution is 0.0697. The lowest BCUT2D eigenvalue weighted by Gasteiger charge is -1.88.